The average Bonchev–Trinajstić information content (AvgIpc) is 2.09. The van der Waals surface area contributed by atoms with Crippen molar-refractivity contribution < 1.29 is 4.39 Å². The topological polar surface area (TPSA) is 0 Å². The van der Waals surface area contributed by atoms with Crippen molar-refractivity contribution in [1.82, 2.24) is 0 Å². The highest BCUT2D eigenvalue weighted by Gasteiger charge is 2.06. The normalized spacial score (nSPS) is 17.2. The first-order valence-electron chi connectivity index (χ1n) is 4.89. The molecule has 1 rings (SSSR count). The summed E-state index contributed by atoms with van der Waals surface area (Å²) in [6, 6.07) is 0. The van der Waals surface area contributed by atoms with Crippen LogP contribution < -0.4 is 0 Å². The molecule has 1 aliphatic rings. The van der Waals surface area contributed by atoms with Gasteiger partial charge in [0.2, 0.25) is 0 Å². The summed E-state index contributed by atoms with van der Waals surface area (Å²) in [5, 5.41) is 0. The minimum atomic E-state index is 0.0253. The Labute approximate surface area is 74.2 Å². The summed E-state index contributed by atoms with van der Waals surface area (Å²) in [5.74, 6) is 0.0253. The first-order chi connectivity index (χ1) is 5.84. The quantitative estimate of drug-likeness (QED) is 0.553. The van der Waals surface area contributed by atoms with Crippen molar-refractivity contribution in [3.8, 4) is 0 Å². The van der Waals surface area contributed by atoms with Gasteiger partial charge in [0.25, 0.3) is 0 Å². The van der Waals surface area contributed by atoms with E-state index < -0.39 is 0 Å². The van der Waals surface area contributed by atoms with Crippen LogP contribution in [0.15, 0.2) is 23.6 Å². The molecule has 0 nitrogen and oxygen atoms in total. The number of rotatable bonds is 4. The largest absolute Gasteiger partial charge is 0.207 e. The van der Waals surface area contributed by atoms with Gasteiger partial charge in [0.05, 0.1) is 0 Å². The zero-order chi connectivity index (χ0) is 8.81. The Bertz CT molecular complexity index is 189. The van der Waals surface area contributed by atoms with Gasteiger partial charge in [-0.15, -0.1) is 0 Å². The van der Waals surface area contributed by atoms with E-state index >= 15 is 0 Å². The molecule has 1 heteroatoms. The van der Waals surface area contributed by atoms with Crippen LogP contribution in [0.2, 0.25) is 0 Å². The second-order valence-electron chi connectivity index (χ2n) is 3.32. The van der Waals surface area contributed by atoms with Gasteiger partial charge in [-0.25, -0.2) is 4.39 Å². The SMILES string of the molecule is CCCCCC1=CCCC=C1F. The van der Waals surface area contributed by atoms with Crippen LogP contribution in [0.4, 0.5) is 4.39 Å². The highest BCUT2D eigenvalue weighted by molar-refractivity contribution is 5.27. The Morgan fingerprint density at radius 2 is 2.00 bits per heavy atom. The number of hydrogen-bond acceptors (Lipinski definition) is 0. The predicted molar refractivity (Wildman–Crippen MR) is 50.7 cm³/mol. The molecular formula is C11H17F. The van der Waals surface area contributed by atoms with Gasteiger partial charge in [-0.1, -0.05) is 25.8 Å². The Balaban J connectivity index is 2.31. The lowest BCUT2D eigenvalue weighted by Gasteiger charge is -2.08. The van der Waals surface area contributed by atoms with Crippen LogP contribution in [0.3, 0.4) is 0 Å². The van der Waals surface area contributed by atoms with E-state index in [1.165, 1.54) is 12.8 Å². The number of unbranched alkanes of at least 4 members (excludes halogenated alkanes) is 2. The van der Waals surface area contributed by atoms with Crippen molar-refractivity contribution >= 4 is 0 Å². The molecule has 0 aromatic heterocycles. The van der Waals surface area contributed by atoms with Crippen LogP contribution in [0, 0.1) is 0 Å². The van der Waals surface area contributed by atoms with Crippen LogP contribution in [-0.2, 0) is 0 Å². The van der Waals surface area contributed by atoms with E-state index in [4.69, 9.17) is 0 Å². The lowest BCUT2D eigenvalue weighted by molar-refractivity contribution is 0.607. The van der Waals surface area contributed by atoms with E-state index in [0.29, 0.717) is 0 Å². The first kappa shape index (κ1) is 9.50. The molecule has 0 heterocycles. The zero-order valence-electron chi connectivity index (χ0n) is 7.78. The van der Waals surface area contributed by atoms with E-state index in [-0.39, 0.29) is 5.83 Å². The van der Waals surface area contributed by atoms with Gasteiger partial charge in [0, 0.05) is 0 Å². The standard InChI is InChI=1S/C11H17F/c1-2-3-4-7-10-8-5-6-9-11(10)12/h8-9H,2-7H2,1H3. The average molecular weight is 168 g/mol. The van der Waals surface area contributed by atoms with Crippen molar-refractivity contribution in [2.24, 2.45) is 0 Å². The fourth-order valence-electron chi connectivity index (χ4n) is 1.48. The van der Waals surface area contributed by atoms with E-state index in [0.717, 1.165) is 31.3 Å². The molecule has 0 radical (unpaired) electrons. The van der Waals surface area contributed by atoms with Gasteiger partial charge < -0.3 is 0 Å². The summed E-state index contributed by atoms with van der Waals surface area (Å²) in [7, 11) is 0. The van der Waals surface area contributed by atoms with Crippen molar-refractivity contribution in [3.63, 3.8) is 0 Å². The maximum atomic E-state index is 13.1. The predicted octanol–water partition coefficient (Wildman–Crippen LogP) is 4.14. The van der Waals surface area contributed by atoms with Crippen molar-refractivity contribution in [3.05, 3.63) is 23.6 Å². The highest BCUT2D eigenvalue weighted by atomic mass is 19.1. The first-order valence-corrected chi connectivity index (χ1v) is 4.89. The summed E-state index contributed by atoms with van der Waals surface area (Å²) in [4.78, 5) is 0. The molecule has 0 spiro atoms. The minimum Gasteiger partial charge on any atom is -0.207 e. The van der Waals surface area contributed by atoms with E-state index in [1.54, 1.807) is 6.08 Å². The number of allylic oxidation sites excluding steroid dienone is 4. The molecule has 0 aromatic carbocycles. The van der Waals surface area contributed by atoms with E-state index in [1.807, 2.05) is 6.08 Å². The molecule has 0 unspecified atom stereocenters. The molecule has 0 saturated carbocycles. The molecule has 1 aliphatic carbocycles. The molecule has 12 heavy (non-hydrogen) atoms. The lowest BCUT2D eigenvalue weighted by atomic mass is 10.0. The Kier molecular flexibility index (Phi) is 4.06. The third kappa shape index (κ3) is 2.80. The van der Waals surface area contributed by atoms with Crippen LogP contribution in [0.1, 0.15) is 45.4 Å². The summed E-state index contributed by atoms with van der Waals surface area (Å²) in [5.41, 5.74) is 0.940. The van der Waals surface area contributed by atoms with Crippen LogP contribution in [-0.4, -0.2) is 0 Å². The summed E-state index contributed by atoms with van der Waals surface area (Å²) in [6.45, 7) is 2.17. The zero-order valence-corrected chi connectivity index (χ0v) is 7.78. The molecule has 0 aromatic rings. The van der Waals surface area contributed by atoms with Crippen molar-refractivity contribution in [2.75, 3.05) is 0 Å². The number of hydrogen-bond donors (Lipinski definition) is 0. The van der Waals surface area contributed by atoms with Gasteiger partial charge in [-0.3, -0.25) is 0 Å². The van der Waals surface area contributed by atoms with Crippen LogP contribution in [0.25, 0.3) is 0 Å². The maximum absolute atomic E-state index is 13.1. The summed E-state index contributed by atoms with van der Waals surface area (Å²) >= 11 is 0. The van der Waals surface area contributed by atoms with Gasteiger partial charge in [-0.05, 0) is 37.3 Å². The van der Waals surface area contributed by atoms with E-state index in [9.17, 15) is 4.39 Å². The Morgan fingerprint density at radius 3 is 2.67 bits per heavy atom. The molecule has 0 bridgehead atoms. The molecule has 0 saturated heterocycles. The molecule has 0 aliphatic heterocycles. The highest BCUT2D eigenvalue weighted by Crippen LogP contribution is 2.24. The van der Waals surface area contributed by atoms with Gasteiger partial charge in [0.15, 0.2) is 0 Å². The third-order valence-electron chi connectivity index (χ3n) is 2.24. The fraction of sp³-hybridized carbons (Fsp3) is 0.636. The lowest BCUT2D eigenvalue weighted by Crippen LogP contribution is -1.91. The van der Waals surface area contributed by atoms with Gasteiger partial charge in [0.1, 0.15) is 5.83 Å². The molecule has 0 amide bonds. The maximum Gasteiger partial charge on any atom is 0.122 e. The Morgan fingerprint density at radius 1 is 1.25 bits per heavy atom. The molecule has 68 valence electrons. The monoisotopic (exact) mass is 168 g/mol. The smallest absolute Gasteiger partial charge is 0.122 e. The van der Waals surface area contributed by atoms with Crippen LogP contribution >= 0.6 is 0 Å². The minimum absolute atomic E-state index is 0.0253. The van der Waals surface area contributed by atoms with Crippen LogP contribution in [0.5, 0.6) is 0 Å². The third-order valence-corrected chi connectivity index (χ3v) is 2.24. The van der Waals surface area contributed by atoms with Crippen molar-refractivity contribution in [1.29, 1.82) is 0 Å². The Hall–Kier alpha value is -0.590. The van der Waals surface area contributed by atoms with Crippen molar-refractivity contribution in [2.45, 2.75) is 45.4 Å². The molecule has 0 atom stereocenters. The second kappa shape index (κ2) is 5.13. The summed E-state index contributed by atoms with van der Waals surface area (Å²) in [6.07, 6.45) is 10.1. The number of halogens is 1. The van der Waals surface area contributed by atoms with E-state index in [2.05, 4.69) is 6.92 Å². The molecular weight excluding hydrogens is 151 g/mol. The molecule has 0 fully saturated rings. The fourth-order valence-corrected chi connectivity index (χ4v) is 1.48. The summed E-state index contributed by atoms with van der Waals surface area (Å²) < 4.78 is 13.1. The second-order valence-corrected chi connectivity index (χ2v) is 3.32. The molecule has 0 N–H and O–H groups in total. The van der Waals surface area contributed by atoms with Gasteiger partial charge >= 0.3 is 0 Å². The van der Waals surface area contributed by atoms with Gasteiger partial charge in [-0.2, -0.15) is 0 Å².